The fourth-order valence-electron chi connectivity index (χ4n) is 3.88. The Hall–Kier alpha value is -3.98. The number of thioether (sulfide) groups is 1. The summed E-state index contributed by atoms with van der Waals surface area (Å²) >= 11 is 1.26. The number of benzene rings is 3. The number of para-hydroxylation sites is 2. The van der Waals surface area contributed by atoms with E-state index < -0.39 is 5.82 Å². The van der Waals surface area contributed by atoms with Gasteiger partial charge in [0, 0.05) is 24.0 Å². The highest BCUT2D eigenvalue weighted by atomic mass is 32.2. The molecule has 0 atom stereocenters. The van der Waals surface area contributed by atoms with Gasteiger partial charge >= 0.3 is 0 Å². The zero-order chi connectivity index (χ0) is 24.4. The summed E-state index contributed by atoms with van der Waals surface area (Å²) in [4.78, 5) is 26.5. The summed E-state index contributed by atoms with van der Waals surface area (Å²) in [5.41, 5.74) is 3.04. The molecule has 4 aromatic rings. The molecule has 35 heavy (non-hydrogen) atoms. The Morgan fingerprint density at radius 1 is 1.06 bits per heavy atom. The van der Waals surface area contributed by atoms with Gasteiger partial charge in [-0.2, -0.15) is 0 Å². The minimum atomic E-state index is -0.458. The number of aromatic nitrogens is 3. The van der Waals surface area contributed by atoms with E-state index in [1.54, 1.807) is 46.8 Å². The Bertz CT molecular complexity index is 1410. The quantitative estimate of drug-likeness (QED) is 0.269. The number of ether oxygens (including phenoxy) is 1. The molecule has 7 nitrogen and oxygen atoms in total. The van der Waals surface area contributed by atoms with Crippen molar-refractivity contribution in [3.63, 3.8) is 0 Å². The minimum absolute atomic E-state index is 0.00367. The molecule has 0 aliphatic carbocycles. The van der Waals surface area contributed by atoms with Crippen LogP contribution in [0.3, 0.4) is 0 Å². The van der Waals surface area contributed by atoms with Gasteiger partial charge in [-0.25, -0.2) is 4.39 Å². The smallest absolute Gasteiger partial charge is 0.231 e. The van der Waals surface area contributed by atoms with Crippen molar-refractivity contribution in [2.75, 3.05) is 17.7 Å². The highest BCUT2D eigenvalue weighted by molar-refractivity contribution is 7.99. The Morgan fingerprint density at radius 2 is 1.83 bits per heavy atom. The average Bonchev–Trinajstić information content (AvgIpc) is 3.42. The first-order valence-corrected chi connectivity index (χ1v) is 11.9. The molecule has 0 spiro atoms. The molecule has 0 bridgehead atoms. The van der Waals surface area contributed by atoms with E-state index in [-0.39, 0.29) is 29.8 Å². The summed E-state index contributed by atoms with van der Waals surface area (Å²) in [6.07, 6.45) is 0.299. The van der Waals surface area contributed by atoms with E-state index >= 15 is 0 Å². The van der Waals surface area contributed by atoms with Crippen LogP contribution < -0.4 is 9.64 Å². The maximum atomic E-state index is 14.0. The van der Waals surface area contributed by atoms with Crippen molar-refractivity contribution >= 4 is 29.1 Å². The molecule has 176 valence electrons. The summed E-state index contributed by atoms with van der Waals surface area (Å²) in [5, 5.41) is 9.03. The number of anilines is 1. The predicted molar refractivity (Wildman–Crippen MR) is 131 cm³/mol. The molecule has 0 saturated carbocycles. The second-order valence-corrected chi connectivity index (χ2v) is 8.92. The molecule has 1 amide bonds. The third-order valence-corrected chi connectivity index (χ3v) is 6.65. The van der Waals surface area contributed by atoms with Crippen molar-refractivity contribution in [1.29, 1.82) is 0 Å². The van der Waals surface area contributed by atoms with Crippen molar-refractivity contribution in [1.82, 2.24) is 14.8 Å². The van der Waals surface area contributed by atoms with Crippen LogP contribution in [-0.4, -0.2) is 39.3 Å². The van der Waals surface area contributed by atoms with Gasteiger partial charge in [0.2, 0.25) is 5.91 Å². The Morgan fingerprint density at radius 3 is 2.63 bits per heavy atom. The van der Waals surface area contributed by atoms with Gasteiger partial charge in [0.25, 0.3) is 0 Å². The van der Waals surface area contributed by atoms with Gasteiger partial charge < -0.3 is 9.64 Å². The van der Waals surface area contributed by atoms with Crippen LogP contribution in [0.2, 0.25) is 0 Å². The van der Waals surface area contributed by atoms with E-state index in [0.29, 0.717) is 23.0 Å². The molecule has 0 N–H and O–H groups in total. The van der Waals surface area contributed by atoms with Gasteiger partial charge in [0.1, 0.15) is 6.61 Å². The second kappa shape index (κ2) is 9.71. The maximum Gasteiger partial charge on any atom is 0.231 e. The number of nitrogens with zero attached hydrogens (tertiary/aromatic N) is 4. The molecule has 0 saturated heterocycles. The molecule has 0 fully saturated rings. The summed E-state index contributed by atoms with van der Waals surface area (Å²) in [6, 6.07) is 21.0. The van der Waals surface area contributed by atoms with E-state index in [4.69, 9.17) is 4.74 Å². The van der Waals surface area contributed by atoms with Crippen molar-refractivity contribution < 1.29 is 18.7 Å². The number of amides is 1. The van der Waals surface area contributed by atoms with Crippen LogP contribution in [0.4, 0.5) is 10.1 Å². The predicted octanol–water partition coefficient (Wildman–Crippen LogP) is 4.48. The maximum absolute atomic E-state index is 14.0. The standard InChI is InChI=1S/C26H21FN4O3S/c1-30-21-12-11-17(13-18(21)14-25(30)33)22(32)16-35-26-29-28-24(31(26)19-7-3-2-4-8-19)15-34-23-10-6-5-9-20(23)27/h2-13H,14-16H2,1H3. The van der Waals surface area contributed by atoms with Crippen LogP contribution in [-0.2, 0) is 17.8 Å². The van der Waals surface area contributed by atoms with Crippen LogP contribution in [0.25, 0.3) is 5.69 Å². The lowest BCUT2D eigenvalue weighted by atomic mass is 10.1. The zero-order valence-electron chi connectivity index (χ0n) is 18.8. The third-order valence-electron chi connectivity index (χ3n) is 5.72. The summed E-state index contributed by atoms with van der Waals surface area (Å²) in [5.74, 6) is 0.225. The lowest BCUT2D eigenvalue weighted by molar-refractivity contribution is -0.117. The molecule has 5 rings (SSSR count). The Labute approximate surface area is 205 Å². The number of fused-ring (bicyclic) bond motifs is 1. The first kappa shape index (κ1) is 22.8. The third kappa shape index (κ3) is 4.67. The number of ketones is 1. The first-order chi connectivity index (χ1) is 17.0. The van der Waals surface area contributed by atoms with Crippen LogP contribution in [0.15, 0.2) is 78.0 Å². The minimum Gasteiger partial charge on any atom is -0.483 e. The molecule has 1 aliphatic rings. The molecule has 9 heteroatoms. The number of likely N-dealkylation sites (N-methyl/N-ethyl adjacent to an activating group) is 1. The van der Waals surface area contributed by atoms with Gasteiger partial charge in [0.15, 0.2) is 28.3 Å². The van der Waals surface area contributed by atoms with Crippen LogP contribution >= 0.6 is 11.8 Å². The number of hydrogen-bond acceptors (Lipinski definition) is 6. The molecule has 1 aromatic heterocycles. The normalized spacial score (nSPS) is 12.6. The molecule has 0 unspecified atom stereocenters. The molecular weight excluding hydrogens is 467 g/mol. The van der Waals surface area contributed by atoms with Gasteiger partial charge in [-0.3, -0.25) is 14.2 Å². The lowest BCUT2D eigenvalue weighted by Gasteiger charge is -2.12. The highest BCUT2D eigenvalue weighted by Crippen LogP contribution is 2.29. The van der Waals surface area contributed by atoms with Gasteiger partial charge in [-0.1, -0.05) is 42.1 Å². The van der Waals surface area contributed by atoms with E-state index in [1.807, 2.05) is 36.4 Å². The lowest BCUT2D eigenvalue weighted by Crippen LogP contribution is -2.20. The first-order valence-electron chi connectivity index (χ1n) is 10.9. The topological polar surface area (TPSA) is 77.3 Å². The zero-order valence-corrected chi connectivity index (χ0v) is 19.7. The van der Waals surface area contributed by atoms with Crippen molar-refractivity contribution in [3.05, 3.63) is 95.6 Å². The number of Topliss-reactive ketones (excluding diaryl/α,β-unsaturated/α-hetero) is 1. The molecule has 1 aliphatic heterocycles. The van der Waals surface area contributed by atoms with Crippen molar-refractivity contribution in [3.8, 4) is 11.4 Å². The van der Waals surface area contributed by atoms with Crippen molar-refractivity contribution in [2.24, 2.45) is 0 Å². The van der Waals surface area contributed by atoms with Crippen LogP contribution in [0.5, 0.6) is 5.75 Å². The van der Waals surface area contributed by atoms with Crippen LogP contribution in [0, 0.1) is 5.82 Å². The molecule has 0 radical (unpaired) electrons. The largest absolute Gasteiger partial charge is 0.483 e. The highest BCUT2D eigenvalue weighted by Gasteiger charge is 2.25. The van der Waals surface area contributed by atoms with E-state index in [9.17, 15) is 14.0 Å². The number of hydrogen-bond donors (Lipinski definition) is 0. The van der Waals surface area contributed by atoms with Crippen LogP contribution in [0.1, 0.15) is 21.7 Å². The second-order valence-electron chi connectivity index (χ2n) is 7.97. The van der Waals surface area contributed by atoms with Gasteiger partial charge in [0.05, 0.1) is 12.2 Å². The van der Waals surface area contributed by atoms with Gasteiger partial charge in [-0.15, -0.1) is 10.2 Å². The van der Waals surface area contributed by atoms with E-state index in [1.165, 1.54) is 17.8 Å². The monoisotopic (exact) mass is 488 g/mol. The number of carbonyl (C=O) groups is 2. The molecular formula is C26H21FN4O3S. The summed E-state index contributed by atoms with van der Waals surface area (Å²) < 4.78 is 21.4. The fourth-order valence-corrected chi connectivity index (χ4v) is 4.75. The average molecular weight is 489 g/mol. The summed E-state index contributed by atoms with van der Waals surface area (Å²) in [7, 11) is 1.73. The van der Waals surface area contributed by atoms with E-state index in [2.05, 4.69) is 10.2 Å². The molecule has 2 heterocycles. The van der Waals surface area contributed by atoms with Crippen molar-refractivity contribution in [2.45, 2.75) is 18.2 Å². The fraction of sp³-hybridized carbons (Fsp3) is 0.154. The Kier molecular flexibility index (Phi) is 6.33. The summed E-state index contributed by atoms with van der Waals surface area (Å²) in [6.45, 7) is 0.00367. The molecule has 3 aromatic carbocycles. The Balaban J connectivity index is 1.35. The SMILES string of the molecule is CN1C(=O)Cc2cc(C(=O)CSc3nnc(COc4ccccc4F)n3-c3ccccc3)ccc21. The number of halogens is 1. The number of carbonyl (C=O) groups excluding carboxylic acids is 2. The van der Waals surface area contributed by atoms with Gasteiger partial charge in [-0.05, 0) is 48.0 Å². The van der Waals surface area contributed by atoms with E-state index in [0.717, 1.165) is 16.9 Å². The number of rotatable bonds is 8.